The fraction of sp³-hybridized carbons (Fsp3) is 0.500. The van der Waals surface area contributed by atoms with Gasteiger partial charge in [-0.15, -0.1) is 0 Å². The maximum atomic E-state index is 12.0. The van der Waals surface area contributed by atoms with Crippen molar-refractivity contribution in [2.24, 2.45) is 5.11 Å². The summed E-state index contributed by atoms with van der Waals surface area (Å²) in [5.41, 5.74) is 16.6. The Balaban J connectivity index is 0.000000515. The van der Waals surface area contributed by atoms with E-state index < -0.39 is 24.5 Å². The van der Waals surface area contributed by atoms with Gasteiger partial charge in [-0.2, -0.15) is 4.58 Å². The normalized spacial score (nSPS) is 13.8. The Bertz CT molecular complexity index is 3110. The first-order chi connectivity index (χ1) is 41.6. The predicted molar refractivity (Wildman–Crippen MR) is 370 cm³/mol. The molecule has 2 aliphatic heterocycles. The third kappa shape index (κ3) is 21.8. The van der Waals surface area contributed by atoms with Gasteiger partial charge >= 0.3 is 154 Å². The third-order valence-corrected chi connectivity index (χ3v) is 32.0. The van der Waals surface area contributed by atoms with E-state index in [-0.39, 0.29) is 49.1 Å². The molecule has 0 saturated carbocycles. The Morgan fingerprint density at radius 2 is 1.26 bits per heavy atom. The second kappa shape index (κ2) is 41.2. The van der Waals surface area contributed by atoms with E-state index in [0.717, 1.165) is 31.4 Å². The Hall–Kier alpha value is -6.16. The van der Waals surface area contributed by atoms with E-state index in [2.05, 4.69) is 217 Å². The van der Waals surface area contributed by atoms with Gasteiger partial charge in [0.15, 0.2) is 5.71 Å². The number of fused-ring (bicyclic) bond motifs is 6. The molecule has 16 heteroatoms. The van der Waals surface area contributed by atoms with E-state index in [1.165, 1.54) is 114 Å². The van der Waals surface area contributed by atoms with Gasteiger partial charge in [-0.25, -0.2) is 4.79 Å². The van der Waals surface area contributed by atoms with Crippen LogP contribution in [0.3, 0.4) is 0 Å². The summed E-state index contributed by atoms with van der Waals surface area (Å²) in [4.78, 5) is 39.5. The number of unbranched alkanes of at least 4 members (excludes halogenated alkanes) is 5. The topological polar surface area (TPSA) is 170 Å². The van der Waals surface area contributed by atoms with E-state index in [9.17, 15) is 14.4 Å². The Morgan fingerprint density at radius 1 is 0.670 bits per heavy atom. The molecule has 0 bridgehead atoms. The van der Waals surface area contributed by atoms with Crippen molar-refractivity contribution < 1.29 is 45.6 Å². The summed E-state index contributed by atoms with van der Waals surface area (Å²) in [6.07, 6.45) is 22.1. The number of azide groups is 1. The number of rotatable bonds is 29. The van der Waals surface area contributed by atoms with E-state index >= 15 is 0 Å². The number of carbonyl (C=O) groups excluding carboxylic acids is 3. The molecule has 0 unspecified atom stereocenters. The summed E-state index contributed by atoms with van der Waals surface area (Å²) in [5, 5.41) is 16.4. The van der Waals surface area contributed by atoms with Crippen molar-refractivity contribution in [3.63, 3.8) is 0 Å². The maximum Gasteiger partial charge on any atom is 0.406 e. The summed E-state index contributed by atoms with van der Waals surface area (Å²) in [6.45, 7) is 23.3. The molecule has 0 spiro atoms. The zero-order valence-corrected chi connectivity index (χ0v) is 58.4. The smallest absolute Gasteiger partial charge is 0.406 e. The largest absolute Gasteiger partial charge is 1.00 e. The van der Waals surface area contributed by atoms with Crippen molar-refractivity contribution in [3.8, 4) is 0 Å². The van der Waals surface area contributed by atoms with E-state index in [1.807, 2.05) is 19.9 Å². The standard InChI is InChI=1S/C41H45N3O.C8H16N4O4.C8H8NO.3C4H9.C2H6.CH4.ClH.Sn/c1-40(2)35(43(6)33-26-24-29-17-12-14-19-31(29)38(33)40)21-9-7-10-22-36-41(3,4)39-32-20-15-13-18-30(32)25-27-34(39)44(36)28-16-8-11-23-37(45)42-5;1-10-8(13)16-7-6-15-5-4-14-3-2-11-12-9;1-9-8(10)7-5-3-2-4-6-7;3*1-3-4-2;1-2;;;/h7,9-10,12-15,17-22,24-27H,8,11,16,23,28H2,1-6H3;2-7H2,1H3,(H,10,13);2-3,5-6H,1H3,(H,9,10);3*1,3-4H2,2H3;1-2H3;1H4;1H;. The number of alkyl carbamates (subject to hydrolysis) is 1. The van der Waals surface area contributed by atoms with Gasteiger partial charge in [0.1, 0.15) is 13.7 Å². The van der Waals surface area contributed by atoms with Crippen LogP contribution in [0.1, 0.15) is 155 Å². The fourth-order valence-corrected chi connectivity index (χ4v) is 27.9. The average Bonchev–Trinajstić information content (AvgIpc) is 1.67. The molecule has 3 N–H and O–H groups in total. The van der Waals surface area contributed by atoms with Gasteiger partial charge < -0.3 is 42.2 Å². The summed E-state index contributed by atoms with van der Waals surface area (Å²) in [5.74, 6) is 0.170. The van der Waals surface area contributed by atoms with Gasteiger partial charge in [0, 0.05) is 73.0 Å². The molecule has 14 nitrogen and oxygen atoms in total. The second-order valence-electron chi connectivity index (χ2n) is 22.8. The van der Waals surface area contributed by atoms with Crippen LogP contribution in [0.25, 0.3) is 32.0 Å². The molecule has 2 heterocycles. The van der Waals surface area contributed by atoms with Crippen molar-refractivity contribution in [1.29, 1.82) is 0 Å². The number of benzene rings is 5. The minimum Gasteiger partial charge on any atom is -1.00 e. The summed E-state index contributed by atoms with van der Waals surface area (Å²) in [7, 11) is 7.10. The van der Waals surface area contributed by atoms with Gasteiger partial charge in [-0.1, -0.05) is 119 Å². The van der Waals surface area contributed by atoms with Crippen LogP contribution in [-0.2, 0) is 29.8 Å². The summed E-state index contributed by atoms with van der Waals surface area (Å²) < 4.78 is 23.1. The number of amides is 3. The first-order valence-electron chi connectivity index (χ1n) is 31.6. The van der Waals surface area contributed by atoms with Crippen LogP contribution in [0.15, 0.2) is 138 Å². The molecule has 0 atom stereocenters. The van der Waals surface area contributed by atoms with Crippen LogP contribution in [0.2, 0.25) is 13.3 Å². The van der Waals surface area contributed by atoms with Crippen molar-refractivity contribution in [3.05, 3.63) is 160 Å². The van der Waals surface area contributed by atoms with Gasteiger partial charge in [-0.05, 0) is 77.5 Å². The Morgan fingerprint density at radius 3 is 1.85 bits per heavy atom. The molecule has 0 aromatic heterocycles. The van der Waals surface area contributed by atoms with Crippen LogP contribution >= 0.6 is 0 Å². The number of nitrogens with zero attached hydrogens (tertiary/aromatic N) is 5. The number of nitrogens with one attached hydrogen (secondary N) is 3. The number of allylic oxidation sites excluding steroid dienone is 6. The van der Waals surface area contributed by atoms with E-state index in [1.54, 1.807) is 17.7 Å². The zero-order valence-electron chi connectivity index (χ0n) is 54.8. The first-order valence-corrected chi connectivity index (χ1v) is 39.1. The molecule has 7 rings (SSSR count). The average molecular weight is 1330 g/mol. The number of carbonyl (C=O) groups is 3. The van der Waals surface area contributed by atoms with Crippen LogP contribution in [0.4, 0.5) is 16.2 Å². The van der Waals surface area contributed by atoms with Gasteiger partial charge in [0.25, 0.3) is 0 Å². The van der Waals surface area contributed by atoms with Crippen molar-refractivity contribution in [2.75, 3.05) is 79.2 Å². The third-order valence-electron chi connectivity index (χ3n) is 16.4. The van der Waals surface area contributed by atoms with Gasteiger partial charge in [0.2, 0.25) is 11.6 Å². The molecule has 0 aliphatic carbocycles. The van der Waals surface area contributed by atoms with Crippen molar-refractivity contribution in [2.45, 2.75) is 158 Å². The molecule has 88 heavy (non-hydrogen) atoms. The number of ether oxygens (including phenoxy) is 3. The van der Waals surface area contributed by atoms with Gasteiger partial charge in [-0.3, -0.25) is 4.79 Å². The summed E-state index contributed by atoms with van der Waals surface area (Å²) in [6, 6.07) is 35.1. The maximum absolute atomic E-state index is 12.0. The summed E-state index contributed by atoms with van der Waals surface area (Å²) >= 11 is -2.40. The molecule has 3 amide bonds. The quantitative estimate of drug-likeness (QED) is 0.00814. The predicted octanol–water partition coefficient (Wildman–Crippen LogP) is 13.6. The second-order valence-corrected chi connectivity index (χ2v) is 36.0. The number of hydrogen-bond acceptors (Lipinski definition) is 8. The fourth-order valence-electron chi connectivity index (χ4n) is 11.9. The Kier molecular flexibility index (Phi) is 36.5. The Labute approximate surface area is 539 Å². The SMILES string of the molecule is C.CC.CCC[CH2][Sn]([CH2]CCC)([CH2]CCC)[c]1cccc(C(=O)NC)c1.CNC(=O)CCCCCN1C(=CC=CC=CC2=[N+](C)c3ccc4ccccc4c3C2(C)C)C(C)(C)c2c1ccc1ccccc21.CNC(=O)OCCOCCOCCN=[N+]=[N-].[Cl-]. The van der Waals surface area contributed by atoms with Crippen LogP contribution in [0.5, 0.6) is 0 Å². The molecule has 5 aromatic carbocycles. The number of anilines is 1. The minimum atomic E-state index is -2.40. The number of hydrogen-bond donors (Lipinski definition) is 3. The van der Waals surface area contributed by atoms with Crippen LogP contribution in [0, 0.1) is 0 Å². The van der Waals surface area contributed by atoms with Crippen LogP contribution in [-0.4, -0.2) is 121 Å². The molecule has 5 aromatic rings. The molecule has 0 fully saturated rings. The molecule has 482 valence electrons. The number of halogens is 1. The molecule has 0 saturated heterocycles. The van der Waals surface area contributed by atoms with Crippen LogP contribution < -0.4 is 36.8 Å². The van der Waals surface area contributed by atoms with Crippen molar-refractivity contribution in [1.82, 2.24) is 16.0 Å². The molecule has 0 radical (unpaired) electrons. The first kappa shape index (κ1) is 77.9. The van der Waals surface area contributed by atoms with E-state index in [4.69, 9.17) is 15.0 Å². The minimum absolute atomic E-state index is 0. The van der Waals surface area contributed by atoms with E-state index in [0.29, 0.717) is 39.4 Å². The molecular weight excluding hydrogens is 1230 g/mol. The zero-order chi connectivity index (χ0) is 63.0. The molecular formula is C72H107ClN8O6Sn. The van der Waals surface area contributed by atoms with Crippen molar-refractivity contribution >= 4 is 78.5 Å². The monoisotopic (exact) mass is 1330 g/mol. The van der Waals surface area contributed by atoms with Gasteiger partial charge in [0.05, 0.1) is 31.8 Å². The molecule has 2 aliphatic rings.